The van der Waals surface area contributed by atoms with E-state index in [1.54, 1.807) is 37.0 Å². The van der Waals surface area contributed by atoms with Gasteiger partial charge in [-0.25, -0.2) is 0 Å². The monoisotopic (exact) mass is 420 g/mol. The number of allylic oxidation sites excluding steroid dienone is 3. The molecule has 26 heavy (non-hydrogen) atoms. The van der Waals surface area contributed by atoms with Crippen molar-refractivity contribution in [2.45, 2.75) is 45.3 Å². The number of carbonyl (C=O) groups excluding carboxylic acids is 1. The minimum atomic E-state index is -1.17. The van der Waals surface area contributed by atoms with E-state index in [1.165, 1.54) is 28.6 Å². The van der Waals surface area contributed by atoms with Gasteiger partial charge in [-0.1, -0.05) is 40.3 Å². The molecule has 2 atom stereocenters. The van der Waals surface area contributed by atoms with E-state index in [4.69, 9.17) is 10.5 Å². The summed E-state index contributed by atoms with van der Waals surface area (Å²) < 4.78 is 0. The maximum atomic E-state index is 11.1. The number of thioether (sulfide) groups is 1. The first kappa shape index (κ1) is 24.7. The molecule has 146 valence electrons. The Labute approximate surface area is 165 Å². The fourth-order valence-corrected chi connectivity index (χ4v) is 4.13. The summed E-state index contributed by atoms with van der Waals surface area (Å²) in [5.74, 6) is -2.24. The Hall–Kier alpha value is -1.26. The summed E-state index contributed by atoms with van der Waals surface area (Å²) in [4.78, 5) is 31.9. The summed E-state index contributed by atoms with van der Waals surface area (Å²) in [5, 5.41) is 27.8. The quantitative estimate of drug-likeness (QED) is 0.252. The van der Waals surface area contributed by atoms with Crippen LogP contribution in [0.15, 0.2) is 22.8 Å². The molecule has 0 bridgehead atoms. The Kier molecular flexibility index (Phi) is 12.4. The van der Waals surface area contributed by atoms with E-state index < -0.39 is 16.8 Å². The standard InChI is InChI=1S/C13H18N2O4S2.C3H6OS/c1-8(14)3-4-9(2)20-21-10-5-6-12(15(18)19)11(7-10)13(16)17;1-3(4)5-2/h5-6,9,11,14H,3-4,7H2,1-2H3,(H,16,17);1-2H3. The van der Waals surface area contributed by atoms with Gasteiger partial charge in [0, 0.05) is 30.4 Å². The lowest BCUT2D eigenvalue weighted by Crippen LogP contribution is -2.22. The molecule has 7 nitrogen and oxygen atoms in total. The Balaban J connectivity index is 0.00000110. The third-order valence-corrected chi connectivity index (χ3v) is 6.91. The van der Waals surface area contributed by atoms with Crippen LogP contribution in [0.3, 0.4) is 0 Å². The average molecular weight is 421 g/mol. The minimum absolute atomic E-state index is 0.163. The van der Waals surface area contributed by atoms with E-state index in [-0.39, 0.29) is 17.2 Å². The number of nitro groups is 1. The second-order valence-corrected chi connectivity index (χ2v) is 9.33. The van der Waals surface area contributed by atoms with Gasteiger partial charge in [0.1, 0.15) is 0 Å². The van der Waals surface area contributed by atoms with Crippen LogP contribution in [0.2, 0.25) is 0 Å². The van der Waals surface area contributed by atoms with Gasteiger partial charge in [0.15, 0.2) is 11.0 Å². The van der Waals surface area contributed by atoms with Gasteiger partial charge in [-0.2, -0.15) is 0 Å². The predicted molar refractivity (Wildman–Crippen MR) is 110 cm³/mol. The molecule has 0 spiro atoms. The first-order valence-electron chi connectivity index (χ1n) is 7.78. The van der Waals surface area contributed by atoms with Crippen molar-refractivity contribution in [1.29, 1.82) is 5.41 Å². The highest BCUT2D eigenvalue weighted by atomic mass is 33.1. The second-order valence-electron chi connectivity index (χ2n) is 5.58. The van der Waals surface area contributed by atoms with Crippen molar-refractivity contribution < 1.29 is 19.6 Å². The fourth-order valence-electron chi connectivity index (χ4n) is 1.74. The summed E-state index contributed by atoms with van der Waals surface area (Å²) in [6.07, 6.45) is 6.48. The van der Waals surface area contributed by atoms with Crippen molar-refractivity contribution in [3.05, 3.63) is 32.9 Å². The number of carbonyl (C=O) groups is 2. The maximum absolute atomic E-state index is 11.1. The van der Waals surface area contributed by atoms with Gasteiger partial charge < -0.3 is 10.5 Å². The van der Waals surface area contributed by atoms with Crippen LogP contribution in [0, 0.1) is 21.4 Å². The van der Waals surface area contributed by atoms with E-state index in [9.17, 15) is 19.7 Å². The summed E-state index contributed by atoms with van der Waals surface area (Å²) in [6, 6.07) is 0. The predicted octanol–water partition coefficient (Wildman–Crippen LogP) is 4.62. The van der Waals surface area contributed by atoms with Gasteiger partial charge in [0.2, 0.25) is 0 Å². The first-order valence-corrected chi connectivity index (χ1v) is 11.2. The molecule has 0 aromatic heterocycles. The molecule has 0 aromatic carbocycles. The smallest absolute Gasteiger partial charge is 0.317 e. The van der Waals surface area contributed by atoms with Gasteiger partial charge in [-0.15, -0.1) is 0 Å². The van der Waals surface area contributed by atoms with Crippen molar-refractivity contribution >= 4 is 50.1 Å². The van der Waals surface area contributed by atoms with E-state index in [0.717, 1.165) is 17.7 Å². The Morgan fingerprint density at radius 1 is 1.42 bits per heavy atom. The molecular formula is C16H24N2O5S3. The Morgan fingerprint density at radius 2 is 2.00 bits per heavy atom. The van der Waals surface area contributed by atoms with Crippen LogP contribution in [-0.4, -0.2) is 38.3 Å². The van der Waals surface area contributed by atoms with E-state index in [2.05, 4.69) is 6.92 Å². The highest BCUT2D eigenvalue weighted by Crippen LogP contribution is 2.41. The topological polar surface area (TPSA) is 121 Å². The molecule has 0 aromatic rings. The van der Waals surface area contributed by atoms with E-state index >= 15 is 0 Å². The molecule has 0 heterocycles. The lowest BCUT2D eigenvalue weighted by atomic mass is 9.97. The first-order chi connectivity index (χ1) is 12.1. The number of carboxylic acids is 1. The molecule has 1 aliphatic rings. The lowest BCUT2D eigenvalue weighted by Gasteiger charge is -2.17. The van der Waals surface area contributed by atoms with Crippen molar-refractivity contribution in [2.75, 3.05) is 6.26 Å². The molecule has 2 unspecified atom stereocenters. The van der Waals surface area contributed by atoms with Crippen molar-refractivity contribution in [1.82, 2.24) is 0 Å². The van der Waals surface area contributed by atoms with Gasteiger partial charge >= 0.3 is 5.97 Å². The number of hydrogen-bond donors (Lipinski definition) is 2. The summed E-state index contributed by atoms with van der Waals surface area (Å²) >= 11 is 1.24. The molecule has 1 rings (SSSR count). The molecule has 0 amide bonds. The van der Waals surface area contributed by atoms with Crippen LogP contribution in [0.4, 0.5) is 0 Å². The van der Waals surface area contributed by atoms with Crippen LogP contribution in [0.5, 0.6) is 0 Å². The SMILES string of the molecule is CC(=N)CCC(C)SSC1=CC=C([N+](=O)[O-])C(C(=O)O)C1.CSC(C)=O. The number of aliphatic carboxylic acids is 1. The highest BCUT2D eigenvalue weighted by molar-refractivity contribution is 8.78. The molecule has 10 heteroatoms. The Morgan fingerprint density at radius 3 is 2.42 bits per heavy atom. The fraction of sp³-hybridized carbons (Fsp3) is 0.562. The third-order valence-electron chi connectivity index (χ3n) is 3.24. The van der Waals surface area contributed by atoms with Crippen LogP contribution in [0.1, 0.15) is 40.0 Å². The van der Waals surface area contributed by atoms with E-state index in [1.807, 2.05) is 0 Å². The molecule has 2 N–H and O–H groups in total. The largest absolute Gasteiger partial charge is 0.481 e. The van der Waals surface area contributed by atoms with Crippen LogP contribution in [0.25, 0.3) is 0 Å². The van der Waals surface area contributed by atoms with Crippen LogP contribution in [-0.2, 0) is 9.59 Å². The van der Waals surface area contributed by atoms with Gasteiger partial charge in [-0.05, 0) is 37.0 Å². The van der Waals surface area contributed by atoms with Crippen LogP contribution >= 0.6 is 33.3 Å². The number of rotatable bonds is 8. The molecule has 0 aliphatic heterocycles. The number of nitrogens with zero attached hydrogens (tertiary/aromatic N) is 1. The van der Waals surface area contributed by atoms with Gasteiger partial charge in [-0.3, -0.25) is 19.7 Å². The molecular weight excluding hydrogens is 396 g/mol. The number of nitrogens with one attached hydrogen (secondary N) is 1. The van der Waals surface area contributed by atoms with Crippen molar-refractivity contribution in [3.63, 3.8) is 0 Å². The molecule has 0 fully saturated rings. The number of carboxylic acid groups (broad SMARTS) is 1. The minimum Gasteiger partial charge on any atom is -0.481 e. The second kappa shape index (κ2) is 13.0. The zero-order valence-electron chi connectivity index (χ0n) is 15.2. The Bertz CT molecular complexity index is 605. The van der Waals surface area contributed by atoms with Crippen molar-refractivity contribution in [2.24, 2.45) is 5.92 Å². The highest BCUT2D eigenvalue weighted by Gasteiger charge is 2.34. The molecule has 0 radical (unpaired) electrons. The average Bonchev–Trinajstić information content (AvgIpc) is 2.58. The molecule has 0 saturated heterocycles. The van der Waals surface area contributed by atoms with Gasteiger partial charge in [0.05, 0.1) is 4.92 Å². The number of hydrogen-bond acceptors (Lipinski definition) is 8. The zero-order valence-corrected chi connectivity index (χ0v) is 17.6. The van der Waals surface area contributed by atoms with Crippen molar-refractivity contribution in [3.8, 4) is 0 Å². The summed E-state index contributed by atoms with van der Waals surface area (Å²) in [6.45, 7) is 5.37. The maximum Gasteiger partial charge on any atom is 0.317 e. The summed E-state index contributed by atoms with van der Waals surface area (Å²) in [7, 11) is 3.08. The van der Waals surface area contributed by atoms with Gasteiger partial charge in [0.25, 0.3) is 5.70 Å². The normalized spacial score (nSPS) is 17.2. The van der Waals surface area contributed by atoms with E-state index in [0.29, 0.717) is 11.0 Å². The third kappa shape index (κ3) is 10.7. The molecule has 1 aliphatic carbocycles. The molecule has 0 saturated carbocycles. The summed E-state index contributed by atoms with van der Waals surface area (Å²) in [5.41, 5.74) is 0.387. The zero-order chi connectivity index (χ0) is 20.3. The lowest BCUT2D eigenvalue weighted by molar-refractivity contribution is -0.432. The van der Waals surface area contributed by atoms with Crippen LogP contribution < -0.4 is 0 Å².